The van der Waals surface area contributed by atoms with Crippen molar-refractivity contribution in [1.82, 2.24) is 14.8 Å². The van der Waals surface area contributed by atoms with Crippen molar-refractivity contribution < 1.29 is 9.21 Å². The lowest BCUT2D eigenvalue weighted by molar-refractivity contribution is 0.0738. The third-order valence-electron chi connectivity index (χ3n) is 4.90. The molecule has 6 heteroatoms. The van der Waals surface area contributed by atoms with E-state index < -0.39 is 0 Å². The molecule has 5 nitrogen and oxygen atoms in total. The molecule has 27 heavy (non-hydrogen) atoms. The van der Waals surface area contributed by atoms with Gasteiger partial charge in [-0.3, -0.25) is 14.7 Å². The van der Waals surface area contributed by atoms with Crippen LogP contribution < -0.4 is 0 Å². The Bertz CT molecular complexity index is 933. The van der Waals surface area contributed by atoms with Crippen LogP contribution in [0.25, 0.3) is 0 Å². The van der Waals surface area contributed by atoms with E-state index in [4.69, 9.17) is 4.42 Å². The molecule has 3 aromatic rings. The van der Waals surface area contributed by atoms with Gasteiger partial charge in [0.25, 0.3) is 5.91 Å². The smallest absolute Gasteiger partial charge is 0.264 e. The fourth-order valence-corrected chi connectivity index (χ4v) is 4.46. The second-order valence-electron chi connectivity index (χ2n) is 7.15. The number of carbonyl (C=O) groups excluding carboxylic acids is 1. The zero-order valence-electron chi connectivity index (χ0n) is 15.6. The number of pyridine rings is 1. The number of aromatic nitrogens is 1. The Kier molecular flexibility index (Phi) is 5.09. The van der Waals surface area contributed by atoms with Gasteiger partial charge in [-0.2, -0.15) is 0 Å². The summed E-state index contributed by atoms with van der Waals surface area (Å²) in [6.07, 6.45) is 6.44. The highest BCUT2D eigenvalue weighted by atomic mass is 32.1. The number of rotatable bonds is 5. The Balaban J connectivity index is 1.47. The lowest BCUT2D eigenvalue weighted by Gasteiger charge is -2.30. The van der Waals surface area contributed by atoms with Crippen LogP contribution in [0.15, 0.2) is 46.7 Å². The first-order valence-electron chi connectivity index (χ1n) is 9.10. The van der Waals surface area contributed by atoms with Gasteiger partial charge >= 0.3 is 0 Å². The normalized spacial score (nSPS) is 13.8. The van der Waals surface area contributed by atoms with Crippen LogP contribution in [0.3, 0.4) is 0 Å². The average molecular weight is 382 g/mol. The molecule has 4 heterocycles. The summed E-state index contributed by atoms with van der Waals surface area (Å²) in [5.74, 6) is 1.08. The molecule has 0 unspecified atom stereocenters. The molecule has 4 rings (SSSR count). The van der Waals surface area contributed by atoms with Gasteiger partial charge in [0.2, 0.25) is 0 Å². The Hall–Kier alpha value is -2.44. The van der Waals surface area contributed by atoms with Crippen LogP contribution >= 0.6 is 11.3 Å². The zero-order valence-corrected chi connectivity index (χ0v) is 16.5. The van der Waals surface area contributed by atoms with Gasteiger partial charge in [0.1, 0.15) is 5.76 Å². The molecule has 0 fully saturated rings. The molecule has 0 atom stereocenters. The molecule has 0 aliphatic carbocycles. The molecule has 0 saturated carbocycles. The van der Waals surface area contributed by atoms with E-state index in [1.807, 2.05) is 47.8 Å². The van der Waals surface area contributed by atoms with Crippen LogP contribution in [-0.2, 0) is 26.1 Å². The van der Waals surface area contributed by atoms with Gasteiger partial charge in [0.15, 0.2) is 0 Å². The van der Waals surface area contributed by atoms with Crippen LogP contribution in [0, 0.1) is 6.92 Å². The molecular formula is C21H23N3O2S. The standard InChI is InChI=1S/C21H23N3O2S/c1-15-8-20(27-14-15)21(25)24-6-5-19-16(9-22-10-17(19)12-24)11-23(2)13-18-4-3-7-26-18/h3-4,7-10,14H,5-6,11-13H2,1-2H3. The second-order valence-corrected chi connectivity index (χ2v) is 8.06. The molecule has 0 radical (unpaired) electrons. The predicted octanol–water partition coefficient (Wildman–Crippen LogP) is 3.88. The van der Waals surface area contributed by atoms with E-state index in [0.717, 1.165) is 47.8 Å². The fraction of sp³-hybridized carbons (Fsp3) is 0.333. The number of furan rings is 1. The number of carbonyl (C=O) groups is 1. The predicted molar refractivity (Wildman–Crippen MR) is 106 cm³/mol. The van der Waals surface area contributed by atoms with Gasteiger partial charge in [-0.1, -0.05) is 0 Å². The monoisotopic (exact) mass is 381 g/mol. The zero-order chi connectivity index (χ0) is 18.8. The minimum absolute atomic E-state index is 0.124. The minimum Gasteiger partial charge on any atom is -0.468 e. The Morgan fingerprint density at radius 1 is 1.37 bits per heavy atom. The number of amides is 1. The van der Waals surface area contributed by atoms with Crippen LogP contribution in [0.2, 0.25) is 0 Å². The molecule has 0 saturated heterocycles. The van der Waals surface area contributed by atoms with E-state index in [1.54, 1.807) is 6.26 Å². The first-order chi connectivity index (χ1) is 13.1. The molecule has 0 bridgehead atoms. The Morgan fingerprint density at radius 2 is 2.26 bits per heavy atom. The summed E-state index contributed by atoms with van der Waals surface area (Å²) < 4.78 is 5.44. The first-order valence-corrected chi connectivity index (χ1v) is 9.98. The maximum absolute atomic E-state index is 12.8. The van der Waals surface area contributed by atoms with E-state index in [2.05, 4.69) is 16.9 Å². The van der Waals surface area contributed by atoms with Crippen LogP contribution in [-0.4, -0.2) is 34.3 Å². The van der Waals surface area contributed by atoms with Crippen molar-refractivity contribution in [2.24, 2.45) is 0 Å². The fourth-order valence-electron chi connectivity index (χ4n) is 3.59. The Morgan fingerprint density at radius 3 is 3.00 bits per heavy atom. The van der Waals surface area contributed by atoms with Crippen LogP contribution in [0.4, 0.5) is 0 Å². The summed E-state index contributed by atoms with van der Waals surface area (Å²) in [5.41, 5.74) is 4.87. The van der Waals surface area contributed by atoms with Crippen molar-refractivity contribution in [1.29, 1.82) is 0 Å². The summed E-state index contributed by atoms with van der Waals surface area (Å²) in [5, 5.41) is 2.03. The number of hydrogen-bond donors (Lipinski definition) is 0. The number of aryl methyl sites for hydroxylation is 1. The van der Waals surface area contributed by atoms with Crippen molar-refractivity contribution in [3.63, 3.8) is 0 Å². The number of hydrogen-bond acceptors (Lipinski definition) is 5. The minimum atomic E-state index is 0.124. The largest absolute Gasteiger partial charge is 0.468 e. The summed E-state index contributed by atoms with van der Waals surface area (Å²) in [4.78, 5) is 22.2. The van der Waals surface area contributed by atoms with Crippen molar-refractivity contribution in [3.8, 4) is 0 Å². The quantitative estimate of drug-likeness (QED) is 0.673. The third kappa shape index (κ3) is 3.96. The summed E-state index contributed by atoms with van der Waals surface area (Å²) in [6, 6.07) is 5.88. The van der Waals surface area contributed by atoms with Gasteiger partial charge in [-0.15, -0.1) is 11.3 Å². The lowest BCUT2D eigenvalue weighted by Crippen LogP contribution is -2.36. The topological polar surface area (TPSA) is 49.6 Å². The highest BCUT2D eigenvalue weighted by Crippen LogP contribution is 2.25. The van der Waals surface area contributed by atoms with E-state index >= 15 is 0 Å². The molecule has 0 spiro atoms. The number of thiophene rings is 1. The molecule has 0 N–H and O–H groups in total. The molecule has 140 valence electrons. The number of fused-ring (bicyclic) bond motifs is 1. The van der Waals surface area contributed by atoms with Gasteiger partial charge in [-0.25, -0.2) is 0 Å². The van der Waals surface area contributed by atoms with Crippen LogP contribution in [0.1, 0.15) is 37.7 Å². The third-order valence-corrected chi connectivity index (χ3v) is 5.94. The maximum Gasteiger partial charge on any atom is 0.264 e. The van der Waals surface area contributed by atoms with E-state index in [9.17, 15) is 4.79 Å². The van der Waals surface area contributed by atoms with Crippen molar-refractivity contribution >= 4 is 17.2 Å². The second kappa shape index (κ2) is 7.66. The summed E-state index contributed by atoms with van der Waals surface area (Å²) in [6.45, 7) is 4.98. The lowest BCUT2D eigenvalue weighted by atomic mass is 9.96. The summed E-state index contributed by atoms with van der Waals surface area (Å²) >= 11 is 1.52. The number of nitrogens with zero attached hydrogens (tertiary/aromatic N) is 3. The molecule has 1 aliphatic rings. The molecule has 3 aromatic heterocycles. The highest BCUT2D eigenvalue weighted by Gasteiger charge is 2.24. The molecular weight excluding hydrogens is 358 g/mol. The first kappa shape index (κ1) is 17.9. The van der Waals surface area contributed by atoms with Gasteiger partial charge < -0.3 is 9.32 Å². The average Bonchev–Trinajstić information content (AvgIpc) is 3.32. The maximum atomic E-state index is 12.8. The molecule has 1 aliphatic heterocycles. The molecule has 1 amide bonds. The van der Waals surface area contributed by atoms with Crippen LogP contribution in [0.5, 0.6) is 0 Å². The summed E-state index contributed by atoms with van der Waals surface area (Å²) in [7, 11) is 2.08. The molecule has 0 aromatic carbocycles. The van der Waals surface area contributed by atoms with Crippen molar-refractivity contribution in [3.05, 3.63) is 75.1 Å². The van der Waals surface area contributed by atoms with Gasteiger partial charge in [0, 0.05) is 32.0 Å². The van der Waals surface area contributed by atoms with E-state index in [-0.39, 0.29) is 5.91 Å². The van der Waals surface area contributed by atoms with Gasteiger partial charge in [-0.05, 0) is 66.2 Å². The Labute approximate surface area is 163 Å². The highest BCUT2D eigenvalue weighted by molar-refractivity contribution is 7.12. The van der Waals surface area contributed by atoms with Crippen molar-refractivity contribution in [2.45, 2.75) is 33.0 Å². The van der Waals surface area contributed by atoms with E-state index in [1.165, 1.54) is 22.5 Å². The van der Waals surface area contributed by atoms with Gasteiger partial charge in [0.05, 0.1) is 17.7 Å². The SMILES string of the molecule is Cc1csc(C(=O)N2CCc3c(CN(C)Cc4ccco4)cncc3C2)c1. The van der Waals surface area contributed by atoms with E-state index in [0.29, 0.717) is 6.54 Å². The van der Waals surface area contributed by atoms with Crippen molar-refractivity contribution in [2.75, 3.05) is 13.6 Å².